The van der Waals surface area contributed by atoms with Gasteiger partial charge < -0.3 is 5.11 Å². The standard InChI is InChI=1S/C14H13N2O/c17-10-9-16-13-7-3-1-5-11(13)15-12-6-2-4-8-14(12)16/h1-8,17H,9-10H2/q+1. The van der Waals surface area contributed by atoms with E-state index in [0.717, 1.165) is 22.1 Å². The molecule has 0 bridgehead atoms. The number of fused-ring (bicyclic) bond motifs is 2. The third kappa shape index (κ3) is 1.65. The summed E-state index contributed by atoms with van der Waals surface area (Å²) >= 11 is 0. The van der Waals surface area contributed by atoms with Gasteiger partial charge in [0.05, 0.1) is 0 Å². The van der Waals surface area contributed by atoms with Gasteiger partial charge in [0, 0.05) is 12.1 Å². The maximum atomic E-state index is 9.20. The molecule has 84 valence electrons. The SMILES string of the molecule is OCC[n+]1c2ccccc2nc2ccccc21. The van der Waals surface area contributed by atoms with Crippen LogP contribution in [0.1, 0.15) is 0 Å². The molecule has 0 amide bonds. The lowest BCUT2D eigenvalue weighted by molar-refractivity contribution is -0.647. The average molecular weight is 225 g/mol. The number of hydrogen-bond donors (Lipinski definition) is 1. The van der Waals surface area contributed by atoms with Gasteiger partial charge in [0.15, 0.2) is 6.54 Å². The summed E-state index contributed by atoms with van der Waals surface area (Å²) in [4.78, 5) is 4.62. The van der Waals surface area contributed by atoms with Crippen molar-refractivity contribution in [2.45, 2.75) is 6.54 Å². The first-order valence-electron chi connectivity index (χ1n) is 5.68. The maximum absolute atomic E-state index is 9.20. The van der Waals surface area contributed by atoms with Crippen molar-refractivity contribution < 1.29 is 9.67 Å². The van der Waals surface area contributed by atoms with Crippen LogP contribution in [-0.2, 0) is 6.54 Å². The molecule has 0 aliphatic heterocycles. The zero-order valence-corrected chi connectivity index (χ0v) is 9.37. The number of aliphatic hydroxyl groups excluding tert-OH is 1. The zero-order chi connectivity index (χ0) is 11.7. The van der Waals surface area contributed by atoms with E-state index in [-0.39, 0.29) is 6.61 Å². The number of benzene rings is 2. The van der Waals surface area contributed by atoms with Gasteiger partial charge in [0.25, 0.3) is 0 Å². The number of rotatable bonds is 2. The van der Waals surface area contributed by atoms with Gasteiger partial charge in [0.1, 0.15) is 17.6 Å². The van der Waals surface area contributed by atoms with Crippen molar-refractivity contribution in [2.24, 2.45) is 0 Å². The predicted molar refractivity (Wildman–Crippen MR) is 66.5 cm³/mol. The highest BCUT2D eigenvalue weighted by Gasteiger charge is 2.14. The van der Waals surface area contributed by atoms with Crippen molar-refractivity contribution in [3.8, 4) is 0 Å². The highest BCUT2D eigenvalue weighted by molar-refractivity contribution is 5.81. The van der Waals surface area contributed by atoms with E-state index in [0.29, 0.717) is 6.54 Å². The summed E-state index contributed by atoms with van der Waals surface area (Å²) in [7, 11) is 0. The normalized spacial score (nSPS) is 11.1. The van der Waals surface area contributed by atoms with Crippen molar-refractivity contribution in [1.29, 1.82) is 0 Å². The quantitative estimate of drug-likeness (QED) is 0.532. The molecule has 0 unspecified atom stereocenters. The van der Waals surface area contributed by atoms with Crippen LogP contribution in [0.25, 0.3) is 22.1 Å². The molecule has 3 aromatic rings. The van der Waals surface area contributed by atoms with Crippen molar-refractivity contribution in [2.75, 3.05) is 6.61 Å². The maximum Gasteiger partial charge on any atom is 0.231 e. The molecule has 17 heavy (non-hydrogen) atoms. The van der Waals surface area contributed by atoms with E-state index in [4.69, 9.17) is 0 Å². The fourth-order valence-corrected chi connectivity index (χ4v) is 2.17. The lowest BCUT2D eigenvalue weighted by Crippen LogP contribution is -2.37. The van der Waals surface area contributed by atoms with Crippen LogP contribution < -0.4 is 4.57 Å². The Hall–Kier alpha value is -2.00. The van der Waals surface area contributed by atoms with E-state index in [9.17, 15) is 5.11 Å². The van der Waals surface area contributed by atoms with Crippen LogP contribution in [0.3, 0.4) is 0 Å². The van der Waals surface area contributed by atoms with Crippen LogP contribution in [0.2, 0.25) is 0 Å². The molecular weight excluding hydrogens is 212 g/mol. The lowest BCUT2D eigenvalue weighted by atomic mass is 10.2. The topological polar surface area (TPSA) is 37.0 Å². The van der Waals surface area contributed by atoms with Gasteiger partial charge in [0.2, 0.25) is 11.0 Å². The molecule has 0 atom stereocenters. The van der Waals surface area contributed by atoms with Gasteiger partial charge in [-0.25, -0.2) is 4.98 Å². The molecule has 3 nitrogen and oxygen atoms in total. The Morgan fingerprint density at radius 1 is 0.882 bits per heavy atom. The Balaban J connectivity index is 2.47. The Kier molecular flexibility index (Phi) is 2.46. The largest absolute Gasteiger partial charge is 0.390 e. The Labute approximate surface area is 99.0 Å². The van der Waals surface area contributed by atoms with Crippen LogP contribution in [0.15, 0.2) is 48.5 Å². The zero-order valence-electron chi connectivity index (χ0n) is 9.37. The fraction of sp³-hybridized carbons (Fsp3) is 0.143. The summed E-state index contributed by atoms with van der Waals surface area (Å²) < 4.78 is 2.11. The van der Waals surface area contributed by atoms with Crippen LogP contribution in [0, 0.1) is 0 Å². The van der Waals surface area contributed by atoms with E-state index >= 15 is 0 Å². The second-order valence-corrected chi connectivity index (χ2v) is 3.96. The highest BCUT2D eigenvalue weighted by Crippen LogP contribution is 2.13. The number of aliphatic hydroxyl groups is 1. The number of hydrogen-bond acceptors (Lipinski definition) is 2. The van der Waals surface area contributed by atoms with Crippen LogP contribution in [-0.4, -0.2) is 16.7 Å². The first-order valence-corrected chi connectivity index (χ1v) is 5.68. The minimum Gasteiger partial charge on any atom is -0.390 e. The summed E-state index contributed by atoms with van der Waals surface area (Å²) in [6.07, 6.45) is 0. The average Bonchev–Trinajstić information content (AvgIpc) is 2.39. The highest BCUT2D eigenvalue weighted by atomic mass is 16.3. The predicted octanol–water partition coefficient (Wildman–Crippen LogP) is 1.67. The van der Waals surface area contributed by atoms with Crippen molar-refractivity contribution >= 4 is 22.1 Å². The summed E-state index contributed by atoms with van der Waals surface area (Å²) in [6, 6.07) is 16.0. The van der Waals surface area contributed by atoms with Crippen LogP contribution >= 0.6 is 0 Å². The minimum absolute atomic E-state index is 0.128. The van der Waals surface area contributed by atoms with Gasteiger partial charge in [-0.1, -0.05) is 24.3 Å². The molecule has 3 rings (SSSR count). The third-order valence-electron chi connectivity index (χ3n) is 2.91. The van der Waals surface area contributed by atoms with Crippen LogP contribution in [0.5, 0.6) is 0 Å². The first kappa shape index (κ1) is 10.2. The van der Waals surface area contributed by atoms with E-state index in [1.807, 2.05) is 48.5 Å². The molecule has 0 aliphatic carbocycles. The summed E-state index contributed by atoms with van der Waals surface area (Å²) in [5.74, 6) is 0. The molecule has 0 saturated carbocycles. The summed E-state index contributed by atoms with van der Waals surface area (Å²) in [5.41, 5.74) is 4.03. The molecule has 3 heteroatoms. The molecule has 1 N–H and O–H groups in total. The van der Waals surface area contributed by atoms with Gasteiger partial charge in [-0.3, -0.25) is 0 Å². The van der Waals surface area contributed by atoms with E-state index < -0.39 is 0 Å². The smallest absolute Gasteiger partial charge is 0.231 e. The molecule has 1 heterocycles. The summed E-state index contributed by atoms with van der Waals surface area (Å²) in [5, 5.41) is 9.20. The van der Waals surface area contributed by atoms with Crippen molar-refractivity contribution in [1.82, 2.24) is 4.98 Å². The second-order valence-electron chi connectivity index (χ2n) is 3.96. The molecular formula is C14H13N2O+. The van der Waals surface area contributed by atoms with Crippen molar-refractivity contribution in [3.05, 3.63) is 48.5 Å². The number of para-hydroxylation sites is 4. The minimum atomic E-state index is 0.128. The molecule has 1 aromatic heterocycles. The lowest BCUT2D eigenvalue weighted by Gasteiger charge is -2.03. The summed E-state index contributed by atoms with van der Waals surface area (Å²) in [6.45, 7) is 0.714. The van der Waals surface area contributed by atoms with Gasteiger partial charge in [-0.05, 0) is 12.1 Å². The molecule has 0 fully saturated rings. The Morgan fingerprint density at radius 2 is 1.41 bits per heavy atom. The second kappa shape index (κ2) is 4.11. The van der Waals surface area contributed by atoms with E-state index in [2.05, 4.69) is 9.55 Å². The van der Waals surface area contributed by atoms with Crippen molar-refractivity contribution in [3.63, 3.8) is 0 Å². The molecule has 0 spiro atoms. The third-order valence-corrected chi connectivity index (χ3v) is 2.91. The number of aromatic nitrogens is 2. The van der Waals surface area contributed by atoms with Gasteiger partial charge in [-0.15, -0.1) is 0 Å². The molecule has 0 aliphatic rings. The Morgan fingerprint density at radius 3 is 1.94 bits per heavy atom. The monoisotopic (exact) mass is 225 g/mol. The number of nitrogens with zero attached hydrogens (tertiary/aromatic N) is 2. The fourth-order valence-electron chi connectivity index (χ4n) is 2.17. The molecule has 0 saturated heterocycles. The molecule has 0 radical (unpaired) electrons. The van der Waals surface area contributed by atoms with Gasteiger partial charge >= 0.3 is 0 Å². The van der Waals surface area contributed by atoms with Crippen LogP contribution in [0.4, 0.5) is 0 Å². The van der Waals surface area contributed by atoms with E-state index in [1.54, 1.807) is 0 Å². The Bertz CT molecular complexity index is 625. The molecule has 2 aromatic carbocycles. The van der Waals surface area contributed by atoms with Gasteiger partial charge in [-0.2, -0.15) is 4.57 Å². The van der Waals surface area contributed by atoms with E-state index in [1.165, 1.54) is 0 Å². The first-order chi connectivity index (χ1) is 8.40.